The molecule has 0 spiro atoms. The van der Waals surface area contributed by atoms with E-state index in [1.807, 2.05) is 7.05 Å². The molecule has 0 aromatic carbocycles. The Bertz CT molecular complexity index is 78.9. The first-order valence-electron chi connectivity index (χ1n) is 3.93. The smallest absolute Gasteiger partial charge is 0.0203 e. The molecular formula is C7H16N3-. The van der Waals surface area contributed by atoms with E-state index in [0.717, 1.165) is 19.6 Å². The van der Waals surface area contributed by atoms with E-state index in [0.29, 0.717) is 6.04 Å². The van der Waals surface area contributed by atoms with Gasteiger partial charge >= 0.3 is 0 Å². The van der Waals surface area contributed by atoms with Gasteiger partial charge in [0.25, 0.3) is 0 Å². The molecule has 60 valence electrons. The molecule has 1 fully saturated rings. The highest BCUT2D eigenvalue weighted by Gasteiger charge is 2.11. The lowest BCUT2D eigenvalue weighted by Gasteiger charge is -2.15. The molecule has 10 heavy (non-hydrogen) atoms. The van der Waals surface area contributed by atoms with Gasteiger partial charge in [0.1, 0.15) is 0 Å². The van der Waals surface area contributed by atoms with Crippen molar-refractivity contribution in [3.63, 3.8) is 0 Å². The first-order chi connectivity index (χ1) is 4.93. The minimum atomic E-state index is 0.696. The van der Waals surface area contributed by atoms with E-state index in [1.165, 1.54) is 13.0 Å². The SMILES string of the molecule is C[N-]CCN[C@H]1CCNC1. The maximum atomic E-state index is 4.01. The second-order valence-electron chi connectivity index (χ2n) is 2.68. The molecule has 0 aromatic rings. The average molecular weight is 142 g/mol. The predicted molar refractivity (Wildman–Crippen MR) is 43.4 cm³/mol. The van der Waals surface area contributed by atoms with Gasteiger partial charge in [-0.25, -0.2) is 0 Å². The van der Waals surface area contributed by atoms with Crippen LogP contribution in [0.1, 0.15) is 6.42 Å². The molecule has 1 aliphatic heterocycles. The third kappa shape index (κ3) is 2.64. The lowest BCUT2D eigenvalue weighted by Crippen LogP contribution is -2.32. The van der Waals surface area contributed by atoms with Gasteiger partial charge < -0.3 is 16.0 Å². The quantitative estimate of drug-likeness (QED) is 0.540. The Morgan fingerprint density at radius 2 is 2.60 bits per heavy atom. The van der Waals surface area contributed by atoms with Gasteiger partial charge in [-0.15, -0.1) is 6.54 Å². The number of rotatable bonds is 4. The van der Waals surface area contributed by atoms with Crippen molar-refractivity contribution in [1.29, 1.82) is 0 Å². The van der Waals surface area contributed by atoms with E-state index >= 15 is 0 Å². The first kappa shape index (κ1) is 7.98. The van der Waals surface area contributed by atoms with Crippen LogP contribution in [0.5, 0.6) is 0 Å². The molecule has 0 unspecified atom stereocenters. The monoisotopic (exact) mass is 142 g/mol. The third-order valence-electron chi connectivity index (χ3n) is 1.83. The van der Waals surface area contributed by atoms with Gasteiger partial charge in [0.2, 0.25) is 0 Å². The van der Waals surface area contributed by atoms with Crippen molar-refractivity contribution in [2.45, 2.75) is 12.5 Å². The molecule has 0 aromatic heterocycles. The molecule has 1 atom stereocenters. The van der Waals surface area contributed by atoms with Crippen LogP contribution in [0.3, 0.4) is 0 Å². The fraction of sp³-hybridized carbons (Fsp3) is 1.00. The van der Waals surface area contributed by atoms with Crippen molar-refractivity contribution in [3.05, 3.63) is 5.32 Å². The Morgan fingerprint density at radius 1 is 1.70 bits per heavy atom. The van der Waals surface area contributed by atoms with Crippen LogP contribution in [0.25, 0.3) is 5.32 Å². The minimum Gasteiger partial charge on any atom is -0.664 e. The van der Waals surface area contributed by atoms with Crippen molar-refractivity contribution in [3.8, 4) is 0 Å². The summed E-state index contributed by atoms with van der Waals surface area (Å²) < 4.78 is 0. The molecule has 0 bridgehead atoms. The van der Waals surface area contributed by atoms with Crippen LogP contribution in [0, 0.1) is 0 Å². The van der Waals surface area contributed by atoms with Crippen LogP contribution in [-0.2, 0) is 0 Å². The molecular weight excluding hydrogens is 126 g/mol. The Hall–Kier alpha value is -0.120. The number of hydrogen-bond acceptors (Lipinski definition) is 2. The van der Waals surface area contributed by atoms with Gasteiger partial charge in [-0.2, -0.15) is 7.05 Å². The maximum Gasteiger partial charge on any atom is 0.0203 e. The van der Waals surface area contributed by atoms with E-state index in [4.69, 9.17) is 0 Å². The summed E-state index contributed by atoms with van der Waals surface area (Å²) in [4.78, 5) is 0. The van der Waals surface area contributed by atoms with Crippen LogP contribution < -0.4 is 10.6 Å². The summed E-state index contributed by atoms with van der Waals surface area (Å²) in [5, 5.41) is 10.7. The Balaban J connectivity index is 1.91. The Labute approximate surface area is 62.6 Å². The van der Waals surface area contributed by atoms with Gasteiger partial charge in [0.15, 0.2) is 0 Å². The number of likely N-dealkylation sites (N-methyl/N-ethyl adjacent to an activating group) is 1. The highest BCUT2D eigenvalue weighted by Crippen LogP contribution is 1.95. The van der Waals surface area contributed by atoms with Crippen molar-refractivity contribution in [2.75, 3.05) is 33.2 Å². The fourth-order valence-corrected chi connectivity index (χ4v) is 1.21. The van der Waals surface area contributed by atoms with Gasteiger partial charge in [-0.3, -0.25) is 0 Å². The molecule has 3 nitrogen and oxygen atoms in total. The molecule has 1 saturated heterocycles. The molecule has 1 rings (SSSR count). The number of hydrogen-bond donors (Lipinski definition) is 2. The molecule has 0 aliphatic carbocycles. The lowest BCUT2D eigenvalue weighted by atomic mass is 10.2. The normalized spacial score (nSPS) is 25.5. The second kappa shape index (κ2) is 4.66. The van der Waals surface area contributed by atoms with Crippen molar-refractivity contribution in [2.24, 2.45) is 0 Å². The third-order valence-corrected chi connectivity index (χ3v) is 1.83. The minimum absolute atomic E-state index is 0.696. The van der Waals surface area contributed by atoms with E-state index in [9.17, 15) is 0 Å². The summed E-state index contributed by atoms with van der Waals surface area (Å²) in [7, 11) is 1.86. The second-order valence-corrected chi connectivity index (χ2v) is 2.68. The van der Waals surface area contributed by atoms with Crippen LogP contribution in [0.2, 0.25) is 0 Å². The highest BCUT2D eigenvalue weighted by molar-refractivity contribution is 4.79. The summed E-state index contributed by atoms with van der Waals surface area (Å²) in [5.41, 5.74) is 0. The summed E-state index contributed by atoms with van der Waals surface area (Å²) >= 11 is 0. The van der Waals surface area contributed by atoms with E-state index in [2.05, 4.69) is 16.0 Å². The molecule has 0 amide bonds. The Kier molecular flexibility index (Phi) is 3.72. The molecule has 0 saturated carbocycles. The zero-order valence-corrected chi connectivity index (χ0v) is 6.56. The van der Waals surface area contributed by atoms with Crippen LogP contribution >= 0.6 is 0 Å². The van der Waals surface area contributed by atoms with Crippen LogP contribution in [0.15, 0.2) is 0 Å². The zero-order valence-electron chi connectivity index (χ0n) is 6.56. The van der Waals surface area contributed by atoms with E-state index in [1.54, 1.807) is 0 Å². The van der Waals surface area contributed by atoms with Crippen LogP contribution in [0.4, 0.5) is 0 Å². The standard InChI is InChI=1S/C7H16N3/c1-8-4-5-10-7-2-3-9-6-7/h7,9-10H,2-6H2,1H3/q-1/t7-/m0/s1. The largest absolute Gasteiger partial charge is 0.664 e. The summed E-state index contributed by atoms with van der Waals surface area (Å²) in [6, 6.07) is 0.696. The van der Waals surface area contributed by atoms with E-state index < -0.39 is 0 Å². The molecule has 3 heteroatoms. The van der Waals surface area contributed by atoms with Gasteiger partial charge in [-0.1, -0.05) is 0 Å². The molecule has 1 heterocycles. The van der Waals surface area contributed by atoms with Crippen LogP contribution in [-0.4, -0.2) is 39.3 Å². The maximum absolute atomic E-state index is 4.01. The summed E-state index contributed by atoms with van der Waals surface area (Å²) in [5.74, 6) is 0. The fourth-order valence-electron chi connectivity index (χ4n) is 1.21. The van der Waals surface area contributed by atoms with E-state index in [-0.39, 0.29) is 0 Å². The zero-order chi connectivity index (χ0) is 7.23. The molecule has 2 N–H and O–H groups in total. The Morgan fingerprint density at radius 3 is 3.20 bits per heavy atom. The van der Waals surface area contributed by atoms with Crippen molar-refractivity contribution >= 4 is 0 Å². The summed E-state index contributed by atoms with van der Waals surface area (Å²) in [6.45, 7) is 4.27. The van der Waals surface area contributed by atoms with Crippen molar-refractivity contribution < 1.29 is 0 Å². The highest BCUT2D eigenvalue weighted by atomic mass is 15.0. The summed E-state index contributed by atoms with van der Waals surface area (Å²) in [6.07, 6.45) is 1.27. The number of nitrogens with one attached hydrogen (secondary N) is 2. The number of nitrogens with zero attached hydrogens (tertiary/aromatic N) is 1. The first-order valence-corrected chi connectivity index (χ1v) is 3.93. The average Bonchev–Trinajstić information content (AvgIpc) is 2.41. The lowest BCUT2D eigenvalue weighted by molar-refractivity contribution is 0.561. The molecule has 1 aliphatic rings. The van der Waals surface area contributed by atoms with Crippen molar-refractivity contribution in [1.82, 2.24) is 10.6 Å². The van der Waals surface area contributed by atoms with Gasteiger partial charge in [-0.05, 0) is 19.5 Å². The molecule has 0 radical (unpaired) electrons. The topological polar surface area (TPSA) is 38.2 Å². The van der Waals surface area contributed by atoms with Gasteiger partial charge in [0, 0.05) is 12.6 Å². The van der Waals surface area contributed by atoms with Gasteiger partial charge in [0.05, 0.1) is 0 Å². The predicted octanol–water partition coefficient (Wildman–Crippen LogP) is -0.0586.